The average molecular weight is 395 g/mol. The molecule has 7 heteroatoms. The third-order valence-corrected chi connectivity index (χ3v) is 4.60. The van der Waals surface area contributed by atoms with Crippen molar-refractivity contribution < 1.29 is 14.3 Å². The Morgan fingerprint density at radius 2 is 2.00 bits per heavy atom. The van der Waals surface area contributed by atoms with Gasteiger partial charge in [0.05, 0.1) is 13.2 Å². The minimum absolute atomic E-state index is 0.191. The number of rotatable bonds is 8. The summed E-state index contributed by atoms with van der Waals surface area (Å²) in [6.45, 7) is 4.87. The van der Waals surface area contributed by atoms with E-state index in [1.165, 1.54) is 0 Å². The first-order valence-electron chi connectivity index (χ1n) is 9.72. The highest BCUT2D eigenvalue weighted by Crippen LogP contribution is 2.33. The number of nitrogens with zero attached hydrogens (tertiary/aromatic N) is 2. The summed E-state index contributed by atoms with van der Waals surface area (Å²) in [7, 11) is 0. The first kappa shape index (κ1) is 20.4. The third kappa shape index (κ3) is 4.39. The number of aromatic nitrogens is 2. The second-order valence-corrected chi connectivity index (χ2v) is 6.52. The van der Waals surface area contributed by atoms with Gasteiger partial charge in [0.2, 0.25) is 0 Å². The molecule has 0 fully saturated rings. The summed E-state index contributed by atoms with van der Waals surface area (Å²) in [5.41, 5.74) is 8.23. The summed E-state index contributed by atoms with van der Waals surface area (Å²) in [6.07, 6.45) is 2.63. The fourth-order valence-electron chi connectivity index (χ4n) is 3.18. The van der Waals surface area contributed by atoms with E-state index in [1.54, 1.807) is 17.7 Å². The summed E-state index contributed by atoms with van der Waals surface area (Å²) in [5, 5.41) is 0.815. The topological polar surface area (TPSA) is 96.4 Å². The van der Waals surface area contributed by atoms with E-state index >= 15 is 0 Å². The van der Waals surface area contributed by atoms with Crippen molar-refractivity contribution in [2.75, 3.05) is 18.9 Å². The van der Waals surface area contributed by atoms with Gasteiger partial charge in [-0.15, -0.1) is 0 Å². The Morgan fingerprint density at radius 1 is 1.17 bits per heavy atom. The van der Waals surface area contributed by atoms with Crippen LogP contribution in [-0.4, -0.2) is 28.7 Å². The van der Waals surface area contributed by atoms with Gasteiger partial charge in [-0.2, -0.15) is 0 Å². The van der Waals surface area contributed by atoms with Crippen LogP contribution >= 0.6 is 0 Å². The van der Waals surface area contributed by atoms with Gasteiger partial charge in [0.1, 0.15) is 17.1 Å². The molecule has 0 atom stereocenters. The number of pyridine rings is 2. The van der Waals surface area contributed by atoms with Crippen LogP contribution in [0.15, 0.2) is 47.4 Å². The molecular formula is C22H25N3O4. The molecule has 2 aromatic heterocycles. The normalized spacial score (nSPS) is 10.8. The molecule has 152 valence electrons. The molecule has 0 radical (unpaired) electrons. The summed E-state index contributed by atoms with van der Waals surface area (Å²) in [5.74, 6) is 0.435. The van der Waals surface area contributed by atoms with Gasteiger partial charge in [-0.05, 0) is 36.8 Å². The molecule has 3 rings (SSSR count). The molecule has 0 bridgehead atoms. The lowest BCUT2D eigenvalue weighted by molar-refractivity contribution is -0.143. The Labute approximate surface area is 169 Å². The number of esters is 1. The number of carbonyl (C=O) groups excluding carboxylic acids is 1. The van der Waals surface area contributed by atoms with Crippen LogP contribution in [0.3, 0.4) is 0 Å². The Balaban J connectivity index is 1.88. The van der Waals surface area contributed by atoms with E-state index in [0.29, 0.717) is 49.6 Å². The lowest BCUT2D eigenvalue weighted by Gasteiger charge is -2.15. The summed E-state index contributed by atoms with van der Waals surface area (Å²) in [4.78, 5) is 28.3. The average Bonchev–Trinajstić information content (AvgIpc) is 2.74. The minimum Gasteiger partial charge on any atom is -0.493 e. The van der Waals surface area contributed by atoms with Crippen molar-refractivity contribution in [3.05, 3.63) is 52.9 Å². The predicted molar refractivity (Wildman–Crippen MR) is 113 cm³/mol. The van der Waals surface area contributed by atoms with Gasteiger partial charge in [0, 0.05) is 36.5 Å². The van der Waals surface area contributed by atoms with Crippen molar-refractivity contribution in [3.63, 3.8) is 0 Å². The molecule has 0 saturated carbocycles. The highest BCUT2D eigenvalue weighted by molar-refractivity contribution is 5.99. The standard InChI is InChI=1S/C22H25N3O4/c1-3-18(26)29-13-7-12-28-16-9-5-8-15(14-16)19-17-10-6-11-24-21(17)25(4-2)22(27)20(19)23/h5-6,8-11,14H,3-4,7,12-13,23H2,1-2H3. The van der Waals surface area contributed by atoms with E-state index < -0.39 is 0 Å². The number of aryl methyl sites for hydroxylation is 1. The van der Waals surface area contributed by atoms with Gasteiger partial charge in [0.25, 0.3) is 5.56 Å². The van der Waals surface area contributed by atoms with Crippen molar-refractivity contribution in [1.82, 2.24) is 9.55 Å². The Morgan fingerprint density at radius 3 is 2.76 bits per heavy atom. The van der Waals surface area contributed by atoms with Crippen molar-refractivity contribution in [2.45, 2.75) is 33.2 Å². The highest BCUT2D eigenvalue weighted by Gasteiger charge is 2.16. The zero-order valence-corrected chi connectivity index (χ0v) is 16.7. The summed E-state index contributed by atoms with van der Waals surface area (Å²) in [6, 6.07) is 11.2. The molecule has 0 aliphatic rings. The van der Waals surface area contributed by atoms with Gasteiger partial charge in [-0.3, -0.25) is 14.2 Å². The molecule has 29 heavy (non-hydrogen) atoms. The number of nitrogen functional groups attached to an aromatic ring is 1. The predicted octanol–water partition coefficient (Wildman–Crippen LogP) is 3.39. The zero-order chi connectivity index (χ0) is 20.8. The number of fused-ring (bicyclic) bond motifs is 1. The van der Waals surface area contributed by atoms with E-state index in [4.69, 9.17) is 15.2 Å². The summed E-state index contributed by atoms with van der Waals surface area (Å²) < 4.78 is 12.4. The number of hydrogen-bond acceptors (Lipinski definition) is 6. The van der Waals surface area contributed by atoms with Gasteiger partial charge in [-0.25, -0.2) is 4.98 Å². The molecule has 7 nitrogen and oxygen atoms in total. The van der Waals surface area contributed by atoms with E-state index in [1.807, 2.05) is 43.3 Å². The molecule has 0 unspecified atom stereocenters. The maximum Gasteiger partial charge on any atom is 0.305 e. The first-order chi connectivity index (χ1) is 14.1. The zero-order valence-electron chi connectivity index (χ0n) is 16.7. The van der Waals surface area contributed by atoms with E-state index in [2.05, 4.69) is 4.98 Å². The van der Waals surface area contributed by atoms with E-state index in [0.717, 1.165) is 10.9 Å². The number of hydrogen-bond donors (Lipinski definition) is 1. The second-order valence-electron chi connectivity index (χ2n) is 6.52. The fourth-order valence-corrected chi connectivity index (χ4v) is 3.18. The first-order valence-corrected chi connectivity index (χ1v) is 9.72. The molecule has 0 saturated heterocycles. The van der Waals surface area contributed by atoms with Gasteiger partial charge in [0.15, 0.2) is 0 Å². The van der Waals surface area contributed by atoms with Gasteiger partial charge in [-0.1, -0.05) is 19.1 Å². The largest absolute Gasteiger partial charge is 0.493 e. The van der Waals surface area contributed by atoms with Crippen LogP contribution in [0.25, 0.3) is 22.2 Å². The quantitative estimate of drug-likeness (QED) is 0.464. The number of nitrogens with two attached hydrogens (primary N) is 1. The molecule has 1 aromatic carbocycles. The van der Waals surface area contributed by atoms with E-state index in [9.17, 15) is 9.59 Å². The number of ether oxygens (including phenoxy) is 2. The van der Waals surface area contributed by atoms with Crippen molar-refractivity contribution >= 4 is 22.7 Å². The van der Waals surface area contributed by atoms with Crippen molar-refractivity contribution in [1.29, 1.82) is 0 Å². The van der Waals surface area contributed by atoms with Crippen LogP contribution in [0.2, 0.25) is 0 Å². The number of benzene rings is 1. The summed E-state index contributed by atoms with van der Waals surface area (Å²) >= 11 is 0. The Hall–Kier alpha value is -3.35. The van der Waals surface area contributed by atoms with Crippen LogP contribution in [0, 0.1) is 0 Å². The molecule has 0 aliphatic carbocycles. The Bertz CT molecular complexity index is 1080. The third-order valence-electron chi connectivity index (χ3n) is 4.60. The van der Waals surface area contributed by atoms with E-state index in [-0.39, 0.29) is 17.2 Å². The van der Waals surface area contributed by atoms with Crippen LogP contribution in [0.5, 0.6) is 5.75 Å². The monoisotopic (exact) mass is 395 g/mol. The molecule has 2 N–H and O–H groups in total. The molecule has 3 aromatic rings. The second kappa shape index (κ2) is 9.23. The lowest BCUT2D eigenvalue weighted by Crippen LogP contribution is -2.24. The SMILES string of the molecule is CCC(=O)OCCCOc1cccc(-c2c(N)c(=O)n(CC)c3ncccc23)c1. The van der Waals surface area contributed by atoms with Gasteiger partial charge >= 0.3 is 5.97 Å². The van der Waals surface area contributed by atoms with Crippen LogP contribution in [-0.2, 0) is 16.1 Å². The van der Waals surface area contributed by atoms with Crippen molar-refractivity contribution in [2.24, 2.45) is 0 Å². The smallest absolute Gasteiger partial charge is 0.305 e. The minimum atomic E-state index is -0.252. The van der Waals surface area contributed by atoms with Gasteiger partial charge < -0.3 is 15.2 Å². The molecule has 0 aliphatic heterocycles. The number of anilines is 1. The lowest BCUT2D eigenvalue weighted by atomic mass is 10.0. The van der Waals surface area contributed by atoms with Crippen LogP contribution in [0.4, 0.5) is 5.69 Å². The molecule has 0 spiro atoms. The molecular weight excluding hydrogens is 370 g/mol. The number of carbonyl (C=O) groups is 1. The molecule has 2 heterocycles. The fraction of sp³-hybridized carbons (Fsp3) is 0.318. The maximum atomic E-state index is 12.7. The van der Waals surface area contributed by atoms with Crippen LogP contribution < -0.4 is 16.0 Å². The highest BCUT2D eigenvalue weighted by atomic mass is 16.5. The maximum absolute atomic E-state index is 12.7. The molecule has 0 amide bonds. The van der Waals surface area contributed by atoms with Crippen molar-refractivity contribution in [3.8, 4) is 16.9 Å². The Kier molecular flexibility index (Phi) is 6.49. The van der Waals surface area contributed by atoms with Crippen LogP contribution in [0.1, 0.15) is 26.7 Å².